The molecule has 0 fully saturated rings. The van der Waals surface area contributed by atoms with E-state index in [-0.39, 0.29) is 17.5 Å². The molecule has 0 aliphatic heterocycles. The van der Waals surface area contributed by atoms with Crippen LogP contribution in [0.1, 0.15) is 18.5 Å². The summed E-state index contributed by atoms with van der Waals surface area (Å²) in [7, 11) is 0. The monoisotopic (exact) mass is 169 g/mol. The fraction of sp³-hybridized carbons (Fsp3) is 0.250. The van der Waals surface area contributed by atoms with Crippen LogP contribution < -0.4 is 5.48 Å². The molecule has 12 heavy (non-hydrogen) atoms. The molecule has 0 bridgehead atoms. The van der Waals surface area contributed by atoms with Gasteiger partial charge in [-0.3, -0.25) is 0 Å². The summed E-state index contributed by atoms with van der Waals surface area (Å²) in [6, 6.07) is 3.86. The third-order valence-corrected chi connectivity index (χ3v) is 1.67. The number of phenolic OH excluding ortho intramolecular Hbond substituents is 2. The Hall–Kier alpha value is -1.26. The zero-order valence-electron chi connectivity index (χ0n) is 6.65. The highest BCUT2D eigenvalue weighted by Crippen LogP contribution is 2.27. The van der Waals surface area contributed by atoms with Crippen molar-refractivity contribution in [2.45, 2.75) is 13.0 Å². The molecular weight excluding hydrogens is 158 g/mol. The Kier molecular flexibility index (Phi) is 2.52. The van der Waals surface area contributed by atoms with Crippen molar-refractivity contribution >= 4 is 0 Å². The van der Waals surface area contributed by atoms with E-state index in [1.54, 1.807) is 13.0 Å². The fourth-order valence-electron chi connectivity index (χ4n) is 0.968. The molecule has 4 nitrogen and oxygen atoms in total. The summed E-state index contributed by atoms with van der Waals surface area (Å²) in [6.45, 7) is 1.69. The molecule has 0 amide bonds. The van der Waals surface area contributed by atoms with Gasteiger partial charge in [0.1, 0.15) is 11.5 Å². The van der Waals surface area contributed by atoms with Gasteiger partial charge in [0.2, 0.25) is 0 Å². The number of hydrogen-bond donors (Lipinski definition) is 4. The van der Waals surface area contributed by atoms with Crippen LogP contribution in [0.25, 0.3) is 0 Å². The molecule has 1 atom stereocenters. The lowest BCUT2D eigenvalue weighted by Gasteiger charge is -2.10. The minimum atomic E-state index is -0.356. The highest BCUT2D eigenvalue weighted by atomic mass is 16.5. The van der Waals surface area contributed by atoms with Gasteiger partial charge in [-0.25, -0.2) is 0 Å². The van der Waals surface area contributed by atoms with E-state index >= 15 is 0 Å². The van der Waals surface area contributed by atoms with Crippen LogP contribution in [0.2, 0.25) is 0 Å². The Balaban J connectivity index is 3.01. The Labute approximate surface area is 70.0 Å². The maximum absolute atomic E-state index is 9.28. The van der Waals surface area contributed by atoms with E-state index in [2.05, 4.69) is 0 Å². The zero-order chi connectivity index (χ0) is 9.14. The van der Waals surface area contributed by atoms with Gasteiger partial charge in [-0.15, -0.1) is 0 Å². The molecule has 1 aromatic rings. The zero-order valence-corrected chi connectivity index (χ0v) is 6.65. The number of rotatable bonds is 2. The predicted molar refractivity (Wildman–Crippen MR) is 43.1 cm³/mol. The summed E-state index contributed by atoms with van der Waals surface area (Å²) in [5.74, 6) is -0.0366. The van der Waals surface area contributed by atoms with Crippen molar-refractivity contribution in [1.82, 2.24) is 5.48 Å². The van der Waals surface area contributed by atoms with Crippen LogP contribution in [0.4, 0.5) is 0 Å². The number of benzene rings is 1. The second kappa shape index (κ2) is 3.42. The average Bonchev–Trinajstić information content (AvgIpc) is 2.03. The summed E-state index contributed by atoms with van der Waals surface area (Å²) in [6.07, 6.45) is 0. The number of aromatic hydroxyl groups is 2. The van der Waals surface area contributed by atoms with Crippen LogP contribution in [0, 0.1) is 0 Å². The number of phenols is 2. The van der Waals surface area contributed by atoms with Gasteiger partial charge in [-0.05, 0) is 13.0 Å². The topological polar surface area (TPSA) is 72.7 Å². The molecule has 0 saturated heterocycles. The van der Waals surface area contributed by atoms with Gasteiger partial charge in [0, 0.05) is 11.6 Å². The normalized spacial score (nSPS) is 12.8. The van der Waals surface area contributed by atoms with Gasteiger partial charge >= 0.3 is 0 Å². The summed E-state index contributed by atoms with van der Waals surface area (Å²) < 4.78 is 0. The third kappa shape index (κ3) is 1.66. The van der Waals surface area contributed by atoms with Crippen LogP contribution >= 0.6 is 0 Å². The quantitative estimate of drug-likeness (QED) is 0.501. The van der Waals surface area contributed by atoms with Gasteiger partial charge < -0.3 is 15.4 Å². The first-order valence-corrected chi connectivity index (χ1v) is 3.56. The lowest BCUT2D eigenvalue weighted by molar-refractivity contribution is 0.132. The van der Waals surface area contributed by atoms with Gasteiger partial charge in [0.15, 0.2) is 0 Å². The molecule has 1 rings (SSSR count). The van der Waals surface area contributed by atoms with E-state index in [4.69, 9.17) is 10.3 Å². The second-order valence-electron chi connectivity index (χ2n) is 2.59. The minimum Gasteiger partial charge on any atom is -0.508 e. The largest absolute Gasteiger partial charge is 0.508 e. The molecule has 1 unspecified atom stereocenters. The summed E-state index contributed by atoms with van der Waals surface area (Å²) in [5, 5.41) is 26.8. The number of nitrogens with one attached hydrogen (secondary N) is 1. The van der Waals surface area contributed by atoms with Crippen LogP contribution in [0.15, 0.2) is 18.2 Å². The first kappa shape index (κ1) is 8.83. The molecule has 1 aromatic carbocycles. The smallest absolute Gasteiger partial charge is 0.124 e. The molecule has 4 N–H and O–H groups in total. The standard InChI is InChI=1S/C8H11NO3/c1-5(9-12)7-3-2-6(10)4-8(7)11/h2-5,9-12H,1H3. The Morgan fingerprint density at radius 2 is 2.00 bits per heavy atom. The van der Waals surface area contributed by atoms with Crippen molar-refractivity contribution in [2.24, 2.45) is 0 Å². The lowest BCUT2D eigenvalue weighted by atomic mass is 10.1. The van der Waals surface area contributed by atoms with E-state index in [1.165, 1.54) is 12.1 Å². The van der Waals surface area contributed by atoms with E-state index in [0.717, 1.165) is 0 Å². The van der Waals surface area contributed by atoms with Crippen molar-refractivity contribution < 1.29 is 15.4 Å². The number of hydroxylamine groups is 1. The Morgan fingerprint density at radius 1 is 1.33 bits per heavy atom. The van der Waals surface area contributed by atoms with Crippen molar-refractivity contribution in [3.05, 3.63) is 23.8 Å². The minimum absolute atomic E-state index is 0.00129. The molecular formula is C8H11NO3. The van der Waals surface area contributed by atoms with Crippen molar-refractivity contribution in [2.75, 3.05) is 0 Å². The lowest BCUT2D eigenvalue weighted by Crippen LogP contribution is -2.12. The first-order chi connectivity index (χ1) is 5.65. The molecule has 0 radical (unpaired) electrons. The van der Waals surface area contributed by atoms with E-state index in [9.17, 15) is 5.11 Å². The molecule has 0 aliphatic carbocycles. The molecule has 4 heteroatoms. The Morgan fingerprint density at radius 3 is 2.50 bits per heavy atom. The molecule has 0 aromatic heterocycles. The predicted octanol–water partition coefficient (Wildman–Crippen LogP) is 1.14. The SMILES string of the molecule is CC(NO)c1ccc(O)cc1O. The van der Waals surface area contributed by atoms with Gasteiger partial charge in [-0.1, -0.05) is 6.07 Å². The van der Waals surface area contributed by atoms with Crippen LogP contribution in [0.5, 0.6) is 11.5 Å². The van der Waals surface area contributed by atoms with Gasteiger partial charge in [0.25, 0.3) is 0 Å². The third-order valence-electron chi connectivity index (χ3n) is 1.67. The van der Waals surface area contributed by atoms with Crippen molar-refractivity contribution in [1.29, 1.82) is 0 Å². The van der Waals surface area contributed by atoms with Gasteiger partial charge in [0.05, 0.1) is 6.04 Å². The molecule has 0 spiro atoms. The van der Waals surface area contributed by atoms with Crippen LogP contribution in [-0.2, 0) is 0 Å². The van der Waals surface area contributed by atoms with Crippen LogP contribution in [0.3, 0.4) is 0 Å². The van der Waals surface area contributed by atoms with E-state index < -0.39 is 0 Å². The summed E-state index contributed by atoms with van der Waals surface area (Å²) in [5.41, 5.74) is 2.54. The maximum atomic E-state index is 9.28. The Bertz CT molecular complexity index is 275. The molecule has 66 valence electrons. The maximum Gasteiger partial charge on any atom is 0.124 e. The summed E-state index contributed by atoms with van der Waals surface area (Å²) >= 11 is 0. The van der Waals surface area contributed by atoms with Gasteiger partial charge in [-0.2, -0.15) is 5.48 Å². The van der Waals surface area contributed by atoms with Crippen LogP contribution in [-0.4, -0.2) is 15.4 Å². The first-order valence-electron chi connectivity index (χ1n) is 3.56. The van der Waals surface area contributed by atoms with E-state index in [0.29, 0.717) is 5.56 Å². The van der Waals surface area contributed by atoms with Crippen molar-refractivity contribution in [3.8, 4) is 11.5 Å². The molecule has 0 aliphatic rings. The highest BCUT2D eigenvalue weighted by molar-refractivity contribution is 5.40. The number of hydrogen-bond acceptors (Lipinski definition) is 4. The molecule has 0 saturated carbocycles. The highest BCUT2D eigenvalue weighted by Gasteiger charge is 2.08. The molecule has 0 heterocycles. The second-order valence-corrected chi connectivity index (χ2v) is 2.59. The fourth-order valence-corrected chi connectivity index (χ4v) is 0.968. The summed E-state index contributed by atoms with van der Waals surface area (Å²) in [4.78, 5) is 0. The van der Waals surface area contributed by atoms with Crippen molar-refractivity contribution in [3.63, 3.8) is 0 Å². The van der Waals surface area contributed by atoms with E-state index in [1.807, 2.05) is 5.48 Å². The average molecular weight is 169 g/mol.